The van der Waals surface area contributed by atoms with Crippen molar-refractivity contribution in [1.82, 2.24) is 4.90 Å². The number of rotatable bonds is 8. The quantitative estimate of drug-likeness (QED) is 0.227. The van der Waals surface area contributed by atoms with Crippen molar-refractivity contribution in [2.24, 2.45) is 0 Å². The Balaban J connectivity index is 1.23. The maximum absolute atomic E-state index is 12.8. The van der Waals surface area contributed by atoms with E-state index < -0.39 is 44.8 Å². The molecule has 5 rings (SSSR count). The largest absolute Gasteiger partial charge is 0.454 e. The normalized spacial score (nSPS) is 14.9. The van der Waals surface area contributed by atoms with E-state index in [2.05, 4.69) is 5.32 Å². The lowest BCUT2D eigenvalue weighted by Gasteiger charge is -2.12. The number of imide groups is 1. The fourth-order valence-corrected chi connectivity index (χ4v) is 4.55. The number of amides is 3. The van der Waals surface area contributed by atoms with Crippen molar-refractivity contribution in [2.75, 3.05) is 18.7 Å². The lowest BCUT2D eigenvalue weighted by molar-refractivity contribution is -0.394. The second-order valence-electron chi connectivity index (χ2n) is 8.22. The molecule has 1 saturated heterocycles. The molecule has 202 valence electrons. The van der Waals surface area contributed by atoms with Gasteiger partial charge in [-0.15, -0.1) is 0 Å². The molecule has 1 N–H and O–H groups in total. The van der Waals surface area contributed by atoms with Gasteiger partial charge in [0.15, 0.2) is 11.5 Å². The molecule has 2 heterocycles. The van der Waals surface area contributed by atoms with Gasteiger partial charge in [0.1, 0.15) is 12.3 Å². The Labute approximate surface area is 228 Å². The molecule has 0 unspecified atom stereocenters. The minimum atomic E-state index is -0.789. The molecule has 40 heavy (non-hydrogen) atoms. The van der Waals surface area contributed by atoms with E-state index >= 15 is 0 Å². The second-order valence-corrected chi connectivity index (χ2v) is 9.21. The fourth-order valence-electron chi connectivity index (χ4n) is 3.71. The SMILES string of the molecule is O=C(CN1C(=O)S/C(=C/c2ccc(Oc3ccc([N+](=O)[O-])cc3[N+](=O)[O-])cc2)C1=O)Nc1ccc2c(c1)OCO2. The number of hydrogen-bond acceptors (Lipinski definition) is 11. The van der Waals surface area contributed by atoms with Gasteiger partial charge in [0, 0.05) is 17.8 Å². The van der Waals surface area contributed by atoms with E-state index in [4.69, 9.17) is 14.2 Å². The van der Waals surface area contributed by atoms with Gasteiger partial charge in [-0.05, 0) is 53.7 Å². The summed E-state index contributed by atoms with van der Waals surface area (Å²) in [5.41, 5.74) is -0.0951. The lowest BCUT2D eigenvalue weighted by atomic mass is 10.2. The van der Waals surface area contributed by atoms with Crippen LogP contribution in [-0.2, 0) is 9.59 Å². The molecular formula is C25H16N4O10S. The predicted molar refractivity (Wildman–Crippen MR) is 140 cm³/mol. The minimum Gasteiger partial charge on any atom is -0.454 e. The lowest BCUT2D eigenvalue weighted by Crippen LogP contribution is -2.36. The summed E-state index contributed by atoms with van der Waals surface area (Å²) in [6, 6.07) is 13.9. The molecule has 0 atom stereocenters. The van der Waals surface area contributed by atoms with E-state index in [0.29, 0.717) is 34.5 Å². The second kappa shape index (κ2) is 10.7. The number of fused-ring (bicyclic) bond motifs is 1. The Hall–Kier alpha value is -5.44. The van der Waals surface area contributed by atoms with Crippen molar-refractivity contribution in [3.8, 4) is 23.0 Å². The first-order valence-electron chi connectivity index (χ1n) is 11.3. The molecule has 1 fully saturated rings. The molecule has 3 aromatic carbocycles. The number of carbonyl (C=O) groups is 3. The van der Waals surface area contributed by atoms with Crippen LogP contribution in [0.1, 0.15) is 5.56 Å². The van der Waals surface area contributed by atoms with Gasteiger partial charge in [-0.25, -0.2) is 0 Å². The molecule has 15 heteroatoms. The van der Waals surface area contributed by atoms with Crippen LogP contribution in [0.3, 0.4) is 0 Å². The van der Waals surface area contributed by atoms with Gasteiger partial charge in [0.25, 0.3) is 16.8 Å². The highest BCUT2D eigenvalue weighted by Crippen LogP contribution is 2.36. The first-order chi connectivity index (χ1) is 19.2. The third-order valence-electron chi connectivity index (χ3n) is 5.59. The number of thioether (sulfide) groups is 1. The summed E-state index contributed by atoms with van der Waals surface area (Å²) >= 11 is 0.678. The van der Waals surface area contributed by atoms with Gasteiger partial charge < -0.3 is 19.5 Å². The minimum absolute atomic E-state index is 0.0773. The van der Waals surface area contributed by atoms with Crippen LogP contribution < -0.4 is 19.5 Å². The molecule has 0 radical (unpaired) electrons. The van der Waals surface area contributed by atoms with Crippen molar-refractivity contribution < 1.29 is 38.4 Å². The molecular weight excluding hydrogens is 548 g/mol. The third kappa shape index (κ3) is 5.53. The van der Waals surface area contributed by atoms with Crippen LogP contribution in [0.2, 0.25) is 0 Å². The molecule has 0 aromatic heterocycles. The first-order valence-corrected chi connectivity index (χ1v) is 12.2. The summed E-state index contributed by atoms with van der Waals surface area (Å²) in [5.74, 6) is -0.205. The number of ether oxygens (including phenoxy) is 3. The molecule has 3 aromatic rings. The highest BCUT2D eigenvalue weighted by molar-refractivity contribution is 8.18. The van der Waals surface area contributed by atoms with Crippen molar-refractivity contribution >= 4 is 52.0 Å². The average molecular weight is 564 g/mol. The number of hydrogen-bond donors (Lipinski definition) is 1. The summed E-state index contributed by atoms with van der Waals surface area (Å²) in [7, 11) is 0. The number of non-ortho nitro benzene ring substituents is 1. The zero-order valence-corrected chi connectivity index (χ0v) is 20.9. The summed E-state index contributed by atoms with van der Waals surface area (Å²) in [6.07, 6.45) is 1.46. The molecule has 14 nitrogen and oxygen atoms in total. The van der Waals surface area contributed by atoms with Gasteiger partial charge in [0.05, 0.1) is 20.8 Å². The van der Waals surface area contributed by atoms with Gasteiger partial charge in [-0.1, -0.05) is 12.1 Å². The average Bonchev–Trinajstić information content (AvgIpc) is 3.49. The molecule has 2 aliphatic rings. The third-order valence-corrected chi connectivity index (χ3v) is 6.49. The van der Waals surface area contributed by atoms with Crippen LogP contribution in [0, 0.1) is 20.2 Å². The number of nitro groups is 2. The standard InChI is InChI=1S/C25H16N4O10S/c30-23(26-15-3-7-20-21(10-15)38-13-37-20)12-27-24(31)22(40-25(27)32)9-14-1-5-17(6-2-14)39-19-8-4-16(28(33)34)11-18(19)29(35)36/h1-11H,12-13H2,(H,26,30)/b22-9+. The Kier molecular flexibility index (Phi) is 7.03. The Bertz CT molecular complexity index is 1610. The predicted octanol–water partition coefficient (Wildman–Crippen LogP) is 4.70. The van der Waals surface area contributed by atoms with Crippen LogP contribution in [-0.4, -0.2) is 45.1 Å². The smallest absolute Gasteiger partial charge is 0.318 e. The number of nitrogens with one attached hydrogen (secondary N) is 1. The Morgan fingerprint density at radius 1 is 1.00 bits per heavy atom. The monoisotopic (exact) mass is 564 g/mol. The number of anilines is 1. The Morgan fingerprint density at radius 2 is 1.75 bits per heavy atom. The van der Waals surface area contributed by atoms with E-state index in [1.807, 2.05) is 0 Å². The molecule has 0 spiro atoms. The van der Waals surface area contributed by atoms with Crippen molar-refractivity contribution in [1.29, 1.82) is 0 Å². The zero-order chi connectivity index (χ0) is 28.4. The van der Waals surface area contributed by atoms with E-state index in [1.165, 1.54) is 18.2 Å². The molecule has 2 aliphatic heterocycles. The van der Waals surface area contributed by atoms with E-state index in [0.717, 1.165) is 23.1 Å². The van der Waals surface area contributed by atoms with Crippen LogP contribution in [0.25, 0.3) is 6.08 Å². The van der Waals surface area contributed by atoms with Gasteiger partial charge >= 0.3 is 5.69 Å². The van der Waals surface area contributed by atoms with E-state index in [9.17, 15) is 34.6 Å². The highest BCUT2D eigenvalue weighted by atomic mass is 32.2. The van der Waals surface area contributed by atoms with Crippen molar-refractivity contribution in [2.45, 2.75) is 0 Å². The van der Waals surface area contributed by atoms with Crippen molar-refractivity contribution in [3.63, 3.8) is 0 Å². The van der Waals surface area contributed by atoms with Crippen LogP contribution >= 0.6 is 11.8 Å². The number of benzene rings is 3. The number of nitrogens with zero attached hydrogens (tertiary/aromatic N) is 3. The van der Waals surface area contributed by atoms with Crippen LogP contribution in [0.15, 0.2) is 65.6 Å². The van der Waals surface area contributed by atoms with Gasteiger partial charge in [-0.3, -0.25) is 39.5 Å². The summed E-state index contributed by atoms with van der Waals surface area (Å²) < 4.78 is 16.0. The molecule has 0 aliphatic carbocycles. The molecule has 0 saturated carbocycles. The van der Waals surface area contributed by atoms with E-state index in [1.54, 1.807) is 30.3 Å². The maximum atomic E-state index is 12.8. The zero-order valence-electron chi connectivity index (χ0n) is 20.1. The summed E-state index contributed by atoms with van der Waals surface area (Å²) in [6.45, 7) is -0.412. The topological polar surface area (TPSA) is 180 Å². The van der Waals surface area contributed by atoms with Crippen LogP contribution in [0.5, 0.6) is 23.0 Å². The van der Waals surface area contributed by atoms with Gasteiger partial charge in [-0.2, -0.15) is 0 Å². The van der Waals surface area contributed by atoms with Gasteiger partial charge in [0.2, 0.25) is 18.4 Å². The highest BCUT2D eigenvalue weighted by Gasteiger charge is 2.36. The van der Waals surface area contributed by atoms with Crippen LogP contribution in [0.4, 0.5) is 21.9 Å². The van der Waals surface area contributed by atoms with Crippen molar-refractivity contribution in [3.05, 3.63) is 91.4 Å². The summed E-state index contributed by atoms with van der Waals surface area (Å²) in [5, 5.41) is 24.2. The fraction of sp³-hybridized carbons (Fsp3) is 0.0800. The first kappa shape index (κ1) is 26.2. The maximum Gasteiger partial charge on any atom is 0.318 e. The van der Waals surface area contributed by atoms with E-state index in [-0.39, 0.29) is 23.2 Å². The number of carbonyl (C=O) groups excluding carboxylic acids is 3. The molecule has 0 bridgehead atoms. The Morgan fingerprint density at radius 3 is 2.48 bits per heavy atom. The summed E-state index contributed by atoms with van der Waals surface area (Å²) in [4.78, 5) is 59.3. The number of nitro benzene ring substituents is 2. The molecule has 3 amide bonds.